The van der Waals surface area contributed by atoms with Gasteiger partial charge in [-0.15, -0.1) is 11.3 Å². The van der Waals surface area contributed by atoms with Crippen LogP contribution in [0.4, 0.5) is 10.8 Å². The van der Waals surface area contributed by atoms with Gasteiger partial charge in [0.2, 0.25) is 0 Å². The van der Waals surface area contributed by atoms with Crippen LogP contribution < -0.4 is 15.4 Å². The summed E-state index contributed by atoms with van der Waals surface area (Å²) in [5.41, 5.74) is 4.26. The minimum absolute atomic E-state index is 0.230. The fourth-order valence-electron chi connectivity index (χ4n) is 3.54. The average molecular weight is 448 g/mol. The molecule has 0 unspecified atom stereocenters. The number of carbonyl (C=O) groups excluding carboxylic acids is 1. The molecule has 0 saturated heterocycles. The van der Waals surface area contributed by atoms with Gasteiger partial charge in [0.25, 0.3) is 5.91 Å². The van der Waals surface area contributed by atoms with Crippen molar-refractivity contribution >= 4 is 28.1 Å². The lowest BCUT2D eigenvalue weighted by Crippen LogP contribution is -2.17. The van der Waals surface area contributed by atoms with E-state index in [4.69, 9.17) is 9.15 Å². The Bertz CT molecular complexity index is 1210. The Morgan fingerprint density at radius 2 is 1.91 bits per heavy atom. The SMILES string of the molecule is COc1ccc([C@H](Nc2cc(C)ccn2)c2c(NC(=O)c3ccco3)sc(C)c2C)cc1. The van der Waals surface area contributed by atoms with Crippen LogP contribution in [0.1, 0.15) is 43.7 Å². The third kappa shape index (κ3) is 4.53. The molecule has 0 aliphatic heterocycles. The van der Waals surface area contributed by atoms with E-state index in [1.165, 1.54) is 6.26 Å². The topological polar surface area (TPSA) is 76.4 Å². The van der Waals surface area contributed by atoms with Gasteiger partial charge in [-0.3, -0.25) is 4.79 Å². The number of nitrogens with zero attached hydrogens (tertiary/aromatic N) is 1. The molecule has 4 aromatic rings. The first-order chi connectivity index (χ1) is 15.5. The van der Waals surface area contributed by atoms with Crippen LogP contribution in [0.25, 0.3) is 0 Å². The Balaban J connectivity index is 1.78. The Morgan fingerprint density at radius 3 is 2.56 bits per heavy atom. The molecule has 6 nitrogen and oxygen atoms in total. The number of methoxy groups -OCH3 is 1. The molecule has 1 amide bonds. The molecule has 0 aliphatic rings. The van der Waals surface area contributed by atoms with Crippen LogP contribution in [0.2, 0.25) is 0 Å². The quantitative estimate of drug-likeness (QED) is 0.357. The summed E-state index contributed by atoms with van der Waals surface area (Å²) in [5.74, 6) is 1.54. The van der Waals surface area contributed by atoms with E-state index in [9.17, 15) is 4.79 Å². The van der Waals surface area contributed by atoms with Gasteiger partial charge in [-0.2, -0.15) is 0 Å². The summed E-state index contributed by atoms with van der Waals surface area (Å²) in [6.45, 7) is 6.16. The molecule has 3 heterocycles. The molecular formula is C25H25N3O3S. The zero-order valence-corrected chi connectivity index (χ0v) is 19.2. The van der Waals surface area contributed by atoms with Crippen LogP contribution in [0, 0.1) is 20.8 Å². The summed E-state index contributed by atoms with van der Waals surface area (Å²) < 4.78 is 10.6. The van der Waals surface area contributed by atoms with Gasteiger partial charge >= 0.3 is 0 Å². The Morgan fingerprint density at radius 1 is 1.12 bits per heavy atom. The Labute approximate surface area is 191 Å². The highest BCUT2D eigenvalue weighted by Crippen LogP contribution is 2.41. The molecule has 0 spiro atoms. The molecule has 1 atom stereocenters. The van der Waals surface area contributed by atoms with Gasteiger partial charge < -0.3 is 19.8 Å². The van der Waals surface area contributed by atoms with E-state index in [1.54, 1.807) is 36.8 Å². The largest absolute Gasteiger partial charge is 0.497 e. The van der Waals surface area contributed by atoms with Gasteiger partial charge in [0.15, 0.2) is 5.76 Å². The molecule has 0 bridgehead atoms. The van der Waals surface area contributed by atoms with Crippen molar-refractivity contribution in [3.8, 4) is 5.75 Å². The summed E-state index contributed by atoms with van der Waals surface area (Å²) in [5, 5.41) is 7.40. The normalized spacial score (nSPS) is 11.8. The van der Waals surface area contributed by atoms with Crippen LogP contribution in [-0.4, -0.2) is 18.0 Å². The van der Waals surface area contributed by atoms with Crippen molar-refractivity contribution in [3.05, 3.63) is 93.9 Å². The maximum Gasteiger partial charge on any atom is 0.291 e. The van der Waals surface area contributed by atoms with Crippen LogP contribution in [-0.2, 0) is 0 Å². The van der Waals surface area contributed by atoms with Gasteiger partial charge in [-0.05, 0) is 73.9 Å². The number of hydrogen-bond acceptors (Lipinski definition) is 6. The number of ether oxygens (including phenoxy) is 1. The number of carbonyl (C=O) groups is 1. The number of benzene rings is 1. The van der Waals surface area contributed by atoms with Gasteiger partial charge in [0, 0.05) is 16.6 Å². The smallest absolute Gasteiger partial charge is 0.291 e. The number of anilines is 2. The van der Waals surface area contributed by atoms with Crippen molar-refractivity contribution in [1.82, 2.24) is 4.98 Å². The van der Waals surface area contributed by atoms with Crippen molar-refractivity contribution in [2.75, 3.05) is 17.7 Å². The summed E-state index contributed by atoms with van der Waals surface area (Å²) in [6.07, 6.45) is 3.28. The molecule has 7 heteroatoms. The number of amides is 1. The predicted molar refractivity (Wildman–Crippen MR) is 128 cm³/mol. The molecule has 0 aliphatic carbocycles. The molecule has 1 aromatic carbocycles. The number of nitrogens with one attached hydrogen (secondary N) is 2. The van der Waals surface area contributed by atoms with Crippen molar-refractivity contribution in [3.63, 3.8) is 0 Å². The third-order valence-corrected chi connectivity index (χ3v) is 6.49. The first kappa shape index (κ1) is 21.6. The van der Waals surface area contributed by atoms with Crippen molar-refractivity contribution in [2.24, 2.45) is 0 Å². The van der Waals surface area contributed by atoms with Gasteiger partial charge in [0.1, 0.15) is 16.6 Å². The van der Waals surface area contributed by atoms with E-state index < -0.39 is 0 Å². The van der Waals surface area contributed by atoms with Crippen LogP contribution in [0.5, 0.6) is 5.75 Å². The number of aryl methyl sites for hydroxylation is 2. The monoisotopic (exact) mass is 447 g/mol. The fraction of sp³-hybridized carbons (Fsp3) is 0.200. The molecule has 4 rings (SSSR count). The van der Waals surface area contributed by atoms with E-state index in [1.807, 2.05) is 43.3 Å². The average Bonchev–Trinajstić information content (AvgIpc) is 3.42. The zero-order chi connectivity index (χ0) is 22.7. The number of thiophene rings is 1. The third-order valence-electron chi connectivity index (χ3n) is 5.35. The number of hydrogen-bond donors (Lipinski definition) is 2. The van der Waals surface area contributed by atoms with E-state index in [2.05, 4.69) is 29.5 Å². The zero-order valence-electron chi connectivity index (χ0n) is 18.4. The highest BCUT2D eigenvalue weighted by molar-refractivity contribution is 7.16. The number of rotatable bonds is 7. The van der Waals surface area contributed by atoms with Crippen LogP contribution in [0.15, 0.2) is 65.4 Å². The van der Waals surface area contributed by atoms with E-state index in [-0.39, 0.29) is 17.7 Å². The lowest BCUT2D eigenvalue weighted by atomic mass is 9.96. The van der Waals surface area contributed by atoms with Gasteiger partial charge in [-0.1, -0.05) is 12.1 Å². The molecule has 164 valence electrons. The highest BCUT2D eigenvalue weighted by Gasteiger charge is 2.25. The van der Waals surface area contributed by atoms with E-state index >= 15 is 0 Å². The predicted octanol–water partition coefficient (Wildman–Crippen LogP) is 6.12. The molecule has 0 radical (unpaired) electrons. The standard InChI is InChI=1S/C25H25N3O3S/c1-15-11-12-26-21(14-15)27-23(18-7-9-19(30-4)10-8-18)22-16(2)17(3)32-25(22)28-24(29)20-6-5-13-31-20/h5-14,23H,1-4H3,(H,26,27)(H,28,29)/t23-/m0/s1. The minimum atomic E-state index is -0.278. The second-order valence-electron chi connectivity index (χ2n) is 7.53. The first-order valence-corrected chi connectivity index (χ1v) is 11.1. The second-order valence-corrected chi connectivity index (χ2v) is 8.75. The molecule has 32 heavy (non-hydrogen) atoms. The minimum Gasteiger partial charge on any atom is -0.497 e. The van der Waals surface area contributed by atoms with E-state index in [0.29, 0.717) is 0 Å². The molecule has 0 saturated carbocycles. The Hall–Kier alpha value is -3.58. The molecular weight excluding hydrogens is 422 g/mol. The first-order valence-electron chi connectivity index (χ1n) is 10.2. The Kier molecular flexibility index (Phi) is 6.28. The van der Waals surface area contributed by atoms with Crippen LogP contribution in [0.3, 0.4) is 0 Å². The van der Waals surface area contributed by atoms with Crippen LogP contribution >= 0.6 is 11.3 Å². The number of aromatic nitrogens is 1. The maximum absolute atomic E-state index is 12.7. The number of pyridine rings is 1. The summed E-state index contributed by atoms with van der Waals surface area (Å²) in [7, 11) is 1.65. The second kappa shape index (κ2) is 9.28. The van der Waals surface area contributed by atoms with Gasteiger partial charge in [0.05, 0.1) is 19.4 Å². The van der Waals surface area contributed by atoms with Crippen molar-refractivity contribution in [2.45, 2.75) is 26.8 Å². The van der Waals surface area contributed by atoms with E-state index in [0.717, 1.165) is 43.7 Å². The lowest BCUT2D eigenvalue weighted by molar-refractivity contribution is 0.0997. The maximum atomic E-state index is 12.7. The number of furan rings is 1. The fourth-order valence-corrected chi connectivity index (χ4v) is 4.63. The van der Waals surface area contributed by atoms with Crippen molar-refractivity contribution < 1.29 is 13.9 Å². The van der Waals surface area contributed by atoms with Gasteiger partial charge in [-0.25, -0.2) is 4.98 Å². The molecule has 2 N–H and O–H groups in total. The molecule has 3 aromatic heterocycles. The summed E-state index contributed by atoms with van der Waals surface area (Å²) >= 11 is 1.55. The molecule has 0 fully saturated rings. The highest BCUT2D eigenvalue weighted by atomic mass is 32.1. The summed E-state index contributed by atoms with van der Waals surface area (Å²) in [4.78, 5) is 18.4. The van der Waals surface area contributed by atoms with Crippen molar-refractivity contribution in [1.29, 1.82) is 0 Å². The lowest BCUT2D eigenvalue weighted by Gasteiger charge is -2.22. The summed E-state index contributed by atoms with van der Waals surface area (Å²) in [6, 6.07) is 15.0.